The average Bonchev–Trinajstić information content (AvgIpc) is 2.57. The number of anilines is 1. The molecular weight excluding hydrogens is 263 g/mol. The summed E-state index contributed by atoms with van der Waals surface area (Å²) >= 11 is 6.22. The number of hydrogen-bond donors (Lipinski definition) is 1. The van der Waals surface area contributed by atoms with Gasteiger partial charge in [-0.2, -0.15) is 0 Å². The fourth-order valence-corrected chi connectivity index (χ4v) is 2.69. The van der Waals surface area contributed by atoms with Crippen LogP contribution in [0.4, 0.5) is 10.1 Å². The molecule has 0 bridgehead atoms. The summed E-state index contributed by atoms with van der Waals surface area (Å²) in [6.45, 7) is 9.42. The topological polar surface area (TPSA) is 15.3 Å². The summed E-state index contributed by atoms with van der Waals surface area (Å²) in [5, 5.41) is 4.20. The summed E-state index contributed by atoms with van der Waals surface area (Å²) in [4.78, 5) is 2.20. The van der Waals surface area contributed by atoms with Gasteiger partial charge in [0.2, 0.25) is 0 Å². The van der Waals surface area contributed by atoms with E-state index in [0.29, 0.717) is 11.1 Å². The Balaban J connectivity index is 2.25. The third-order valence-corrected chi connectivity index (χ3v) is 4.01. The molecule has 106 valence electrons. The minimum Gasteiger partial charge on any atom is -0.369 e. The maximum Gasteiger partial charge on any atom is 0.125 e. The lowest BCUT2D eigenvalue weighted by atomic mass is 9.86. The number of hydrogen-bond acceptors (Lipinski definition) is 2. The number of benzene rings is 1. The second-order valence-electron chi connectivity index (χ2n) is 6.27. The minimum absolute atomic E-state index is 0.169. The maximum atomic E-state index is 13.4. The Bertz CT molecular complexity index is 442. The minimum atomic E-state index is -0.232. The van der Waals surface area contributed by atoms with Crippen LogP contribution in [-0.2, 0) is 0 Å². The van der Waals surface area contributed by atoms with Gasteiger partial charge in [0.1, 0.15) is 5.82 Å². The predicted octanol–water partition coefficient (Wildman–Crippen LogP) is 3.69. The van der Waals surface area contributed by atoms with Gasteiger partial charge in [-0.25, -0.2) is 4.39 Å². The van der Waals surface area contributed by atoms with Crippen LogP contribution in [0.15, 0.2) is 18.2 Å². The van der Waals surface area contributed by atoms with Crippen molar-refractivity contribution in [1.29, 1.82) is 0 Å². The zero-order valence-electron chi connectivity index (χ0n) is 11.8. The van der Waals surface area contributed by atoms with Crippen molar-refractivity contribution in [3.8, 4) is 0 Å². The van der Waals surface area contributed by atoms with Crippen LogP contribution in [0.2, 0.25) is 5.02 Å². The second-order valence-corrected chi connectivity index (χ2v) is 6.68. The fraction of sp³-hybridized carbons (Fsp3) is 0.600. The average molecular weight is 285 g/mol. The first-order valence-corrected chi connectivity index (χ1v) is 7.19. The molecule has 1 heterocycles. The highest BCUT2D eigenvalue weighted by molar-refractivity contribution is 6.33. The van der Waals surface area contributed by atoms with Gasteiger partial charge in [-0.05, 0) is 36.6 Å². The quantitative estimate of drug-likeness (QED) is 0.846. The molecule has 1 fully saturated rings. The lowest BCUT2D eigenvalue weighted by Crippen LogP contribution is -2.46. The zero-order chi connectivity index (χ0) is 14.0. The smallest absolute Gasteiger partial charge is 0.125 e. The van der Waals surface area contributed by atoms with E-state index in [-0.39, 0.29) is 11.2 Å². The molecule has 0 saturated carbocycles. The standard InChI is InChI=1S/C15H22ClFN2/c1-15(2,3)14-10-19(8-4-7-18-14)13-9-11(17)5-6-12(13)16/h5-6,9,14,18H,4,7-8,10H2,1-3H3. The van der Waals surface area contributed by atoms with Crippen LogP contribution in [0.3, 0.4) is 0 Å². The van der Waals surface area contributed by atoms with E-state index < -0.39 is 0 Å². The molecule has 2 nitrogen and oxygen atoms in total. The summed E-state index contributed by atoms with van der Waals surface area (Å²) in [5.74, 6) is -0.232. The van der Waals surface area contributed by atoms with Crippen molar-refractivity contribution in [1.82, 2.24) is 5.32 Å². The van der Waals surface area contributed by atoms with E-state index in [9.17, 15) is 4.39 Å². The SMILES string of the molecule is CC(C)(C)C1CN(c2cc(F)ccc2Cl)CCCN1. The van der Waals surface area contributed by atoms with Crippen molar-refractivity contribution in [2.45, 2.75) is 33.2 Å². The first kappa shape index (κ1) is 14.6. The molecule has 0 aliphatic carbocycles. The van der Waals surface area contributed by atoms with Crippen molar-refractivity contribution in [3.05, 3.63) is 29.0 Å². The normalized spacial score (nSPS) is 21.3. The Hall–Kier alpha value is -0.800. The highest BCUT2D eigenvalue weighted by Gasteiger charge is 2.28. The van der Waals surface area contributed by atoms with Crippen LogP contribution in [0.5, 0.6) is 0 Å². The second kappa shape index (κ2) is 5.68. The van der Waals surface area contributed by atoms with E-state index in [1.54, 1.807) is 6.07 Å². The molecule has 1 aromatic rings. The van der Waals surface area contributed by atoms with Crippen LogP contribution < -0.4 is 10.2 Å². The molecule has 2 rings (SSSR count). The predicted molar refractivity (Wildman–Crippen MR) is 79.5 cm³/mol. The first-order chi connectivity index (χ1) is 8.88. The molecule has 19 heavy (non-hydrogen) atoms. The van der Waals surface area contributed by atoms with Gasteiger partial charge in [0.15, 0.2) is 0 Å². The van der Waals surface area contributed by atoms with Gasteiger partial charge >= 0.3 is 0 Å². The van der Waals surface area contributed by atoms with E-state index in [2.05, 4.69) is 31.0 Å². The van der Waals surface area contributed by atoms with Gasteiger partial charge in [0.05, 0.1) is 10.7 Å². The van der Waals surface area contributed by atoms with Crippen LogP contribution >= 0.6 is 11.6 Å². The Morgan fingerprint density at radius 3 is 2.79 bits per heavy atom. The molecular formula is C15H22ClFN2. The Morgan fingerprint density at radius 2 is 2.11 bits per heavy atom. The van der Waals surface area contributed by atoms with Crippen LogP contribution in [0.25, 0.3) is 0 Å². The third-order valence-electron chi connectivity index (χ3n) is 3.69. The molecule has 1 aliphatic heterocycles. The number of rotatable bonds is 1. The van der Waals surface area contributed by atoms with Crippen LogP contribution in [0.1, 0.15) is 27.2 Å². The Labute approximate surface area is 119 Å². The molecule has 0 spiro atoms. The number of halogens is 2. The summed E-state index contributed by atoms with van der Waals surface area (Å²) in [6.07, 6.45) is 1.04. The molecule has 4 heteroatoms. The van der Waals surface area contributed by atoms with E-state index in [1.807, 2.05) is 0 Å². The van der Waals surface area contributed by atoms with Crippen molar-refractivity contribution in [3.63, 3.8) is 0 Å². The van der Waals surface area contributed by atoms with Crippen molar-refractivity contribution in [2.24, 2.45) is 5.41 Å². The first-order valence-electron chi connectivity index (χ1n) is 6.81. The van der Waals surface area contributed by atoms with Crippen LogP contribution in [-0.4, -0.2) is 25.7 Å². The van der Waals surface area contributed by atoms with E-state index in [1.165, 1.54) is 12.1 Å². The molecule has 0 amide bonds. The molecule has 1 aliphatic rings. The molecule has 0 radical (unpaired) electrons. The van der Waals surface area contributed by atoms with Gasteiger partial charge < -0.3 is 10.2 Å². The maximum absolute atomic E-state index is 13.4. The molecule has 1 aromatic carbocycles. The van der Waals surface area contributed by atoms with Gasteiger partial charge in [0.25, 0.3) is 0 Å². The molecule has 1 atom stereocenters. The molecule has 1 unspecified atom stereocenters. The monoisotopic (exact) mass is 284 g/mol. The summed E-state index contributed by atoms with van der Waals surface area (Å²) < 4.78 is 13.4. The third kappa shape index (κ3) is 3.61. The van der Waals surface area contributed by atoms with Crippen LogP contribution in [0, 0.1) is 11.2 Å². The fourth-order valence-electron chi connectivity index (χ4n) is 2.45. The van der Waals surface area contributed by atoms with Gasteiger partial charge in [-0.3, -0.25) is 0 Å². The lowest BCUT2D eigenvalue weighted by molar-refractivity contribution is 0.280. The number of nitrogens with one attached hydrogen (secondary N) is 1. The Morgan fingerprint density at radius 1 is 1.37 bits per heavy atom. The summed E-state index contributed by atoms with van der Waals surface area (Å²) in [5.41, 5.74) is 0.974. The van der Waals surface area contributed by atoms with Gasteiger partial charge in [-0.15, -0.1) is 0 Å². The highest BCUT2D eigenvalue weighted by Crippen LogP contribution is 2.30. The highest BCUT2D eigenvalue weighted by atomic mass is 35.5. The Kier molecular flexibility index (Phi) is 4.36. The molecule has 0 aromatic heterocycles. The van der Waals surface area contributed by atoms with Crippen molar-refractivity contribution in [2.75, 3.05) is 24.5 Å². The van der Waals surface area contributed by atoms with Gasteiger partial charge in [-0.1, -0.05) is 32.4 Å². The van der Waals surface area contributed by atoms with E-state index >= 15 is 0 Å². The van der Waals surface area contributed by atoms with Crippen molar-refractivity contribution >= 4 is 17.3 Å². The van der Waals surface area contributed by atoms with Crippen molar-refractivity contribution < 1.29 is 4.39 Å². The van der Waals surface area contributed by atoms with E-state index in [4.69, 9.17) is 11.6 Å². The molecule has 1 N–H and O–H groups in total. The number of nitrogens with zero attached hydrogens (tertiary/aromatic N) is 1. The summed E-state index contributed by atoms with van der Waals surface area (Å²) in [7, 11) is 0. The summed E-state index contributed by atoms with van der Waals surface area (Å²) in [6, 6.07) is 4.95. The lowest BCUT2D eigenvalue weighted by Gasteiger charge is -2.34. The van der Waals surface area contributed by atoms with E-state index in [0.717, 1.165) is 31.7 Å². The molecule has 1 saturated heterocycles. The van der Waals surface area contributed by atoms with Gasteiger partial charge in [0, 0.05) is 19.1 Å². The zero-order valence-corrected chi connectivity index (χ0v) is 12.6. The largest absolute Gasteiger partial charge is 0.369 e.